The number of aliphatic hydroxyl groups excluding tert-OH is 1. The average molecular weight is 209 g/mol. The minimum atomic E-state index is -0.210. The second-order valence-electron chi connectivity index (χ2n) is 3.82. The molecule has 1 aliphatic heterocycles. The van der Waals surface area contributed by atoms with Crippen molar-refractivity contribution in [2.24, 2.45) is 0 Å². The summed E-state index contributed by atoms with van der Waals surface area (Å²) in [5.41, 5.74) is 0.834. The van der Waals surface area contributed by atoms with Crippen LogP contribution in [-0.2, 0) is 6.54 Å². The monoisotopic (exact) mass is 209 g/mol. The zero-order valence-corrected chi connectivity index (χ0v) is 8.68. The second-order valence-corrected chi connectivity index (χ2v) is 3.82. The van der Waals surface area contributed by atoms with Crippen LogP contribution in [0.25, 0.3) is 0 Å². The van der Waals surface area contributed by atoms with Crippen molar-refractivity contribution in [3.05, 3.63) is 23.8 Å². The molecule has 0 unspecified atom stereocenters. The van der Waals surface area contributed by atoms with Gasteiger partial charge in [-0.05, 0) is 6.07 Å². The zero-order chi connectivity index (χ0) is 10.8. The minimum Gasteiger partial charge on any atom is -0.504 e. The van der Waals surface area contributed by atoms with Crippen LogP contribution in [0, 0.1) is 0 Å². The Morgan fingerprint density at radius 3 is 2.80 bits per heavy atom. The third-order valence-electron chi connectivity index (χ3n) is 2.63. The lowest BCUT2D eigenvalue weighted by Crippen LogP contribution is -2.49. The van der Waals surface area contributed by atoms with Gasteiger partial charge in [-0.1, -0.05) is 12.1 Å². The van der Waals surface area contributed by atoms with Gasteiger partial charge in [0.05, 0.1) is 13.2 Å². The molecule has 1 saturated heterocycles. The molecule has 0 atom stereocenters. The highest BCUT2D eigenvalue weighted by atomic mass is 16.5. The quantitative estimate of drug-likeness (QED) is 0.764. The van der Waals surface area contributed by atoms with Gasteiger partial charge in [0.2, 0.25) is 0 Å². The van der Waals surface area contributed by atoms with Crippen LogP contribution in [-0.4, -0.2) is 41.4 Å². The molecule has 15 heavy (non-hydrogen) atoms. The third-order valence-corrected chi connectivity index (χ3v) is 2.63. The van der Waals surface area contributed by atoms with Crippen molar-refractivity contribution < 1.29 is 14.9 Å². The number of hydrogen-bond acceptors (Lipinski definition) is 4. The van der Waals surface area contributed by atoms with Crippen LogP contribution in [0.1, 0.15) is 5.56 Å². The number of aliphatic hydroxyl groups is 1. The topological polar surface area (TPSA) is 52.9 Å². The van der Waals surface area contributed by atoms with Gasteiger partial charge in [0.25, 0.3) is 0 Å². The number of para-hydroxylation sites is 1. The molecule has 2 N–H and O–H groups in total. The van der Waals surface area contributed by atoms with Gasteiger partial charge < -0.3 is 14.9 Å². The molecule has 2 rings (SSSR count). The van der Waals surface area contributed by atoms with E-state index >= 15 is 0 Å². The molecular formula is C11H15NO3. The second kappa shape index (κ2) is 4.08. The Kier molecular flexibility index (Phi) is 2.79. The molecule has 1 fully saturated rings. The van der Waals surface area contributed by atoms with E-state index in [-0.39, 0.29) is 11.9 Å². The first-order valence-corrected chi connectivity index (χ1v) is 4.96. The Morgan fingerprint density at radius 2 is 2.20 bits per heavy atom. The van der Waals surface area contributed by atoms with Crippen molar-refractivity contribution in [2.75, 3.05) is 20.2 Å². The molecule has 0 amide bonds. The molecule has 0 saturated carbocycles. The van der Waals surface area contributed by atoms with E-state index < -0.39 is 0 Å². The number of phenolic OH excluding ortho intramolecular Hbond substituents is 1. The van der Waals surface area contributed by atoms with E-state index in [1.165, 1.54) is 7.11 Å². The number of methoxy groups -OCH3 is 1. The number of phenols is 1. The maximum atomic E-state index is 9.81. The molecule has 0 aliphatic carbocycles. The summed E-state index contributed by atoms with van der Waals surface area (Å²) in [6.45, 7) is 2.01. The molecule has 1 aromatic rings. The number of nitrogens with zero attached hydrogens (tertiary/aromatic N) is 1. The average Bonchev–Trinajstić information content (AvgIpc) is 2.18. The van der Waals surface area contributed by atoms with E-state index in [1.807, 2.05) is 12.1 Å². The number of hydrogen-bond donors (Lipinski definition) is 2. The molecule has 82 valence electrons. The highest BCUT2D eigenvalue weighted by Crippen LogP contribution is 2.30. The fourth-order valence-electron chi connectivity index (χ4n) is 1.77. The van der Waals surface area contributed by atoms with Crippen molar-refractivity contribution in [3.63, 3.8) is 0 Å². The SMILES string of the molecule is COc1cccc(CN2CC(O)C2)c1O. The van der Waals surface area contributed by atoms with E-state index in [1.54, 1.807) is 6.07 Å². The van der Waals surface area contributed by atoms with Crippen molar-refractivity contribution in [3.8, 4) is 11.5 Å². The van der Waals surface area contributed by atoms with Gasteiger partial charge in [-0.2, -0.15) is 0 Å². The third kappa shape index (κ3) is 2.06. The van der Waals surface area contributed by atoms with E-state index in [4.69, 9.17) is 9.84 Å². The Hall–Kier alpha value is -1.26. The molecule has 1 heterocycles. The molecule has 1 aliphatic rings. The highest BCUT2D eigenvalue weighted by Gasteiger charge is 2.25. The summed E-state index contributed by atoms with van der Waals surface area (Å²) in [6.07, 6.45) is -0.210. The van der Waals surface area contributed by atoms with Crippen LogP contribution in [0.5, 0.6) is 11.5 Å². The van der Waals surface area contributed by atoms with Crippen LogP contribution in [0.3, 0.4) is 0 Å². The lowest BCUT2D eigenvalue weighted by Gasteiger charge is -2.35. The summed E-state index contributed by atoms with van der Waals surface area (Å²) in [5, 5.41) is 18.9. The van der Waals surface area contributed by atoms with Crippen molar-refractivity contribution in [2.45, 2.75) is 12.6 Å². The Balaban J connectivity index is 2.07. The predicted octanol–water partition coefficient (Wildman–Crippen LogP) is 0.577. The molecule has 0 spiro atoms. The summed E-state index contributed by atoms with van der Waals surface area (Å²) in [5.74, 6) is 0.690. The highest BCUT2D eigenvalue weighted by molar-refractivity contribution is 5.45. The van der Waals surface area contributed by atoms with Gasteiger partial charge in [0.15, 0.2) is 11.5 Å². The maximum Gasteiger partial charge on any atom is 0.162 e. The largest absolute Gasteiger partial charge is 0.504 e. The normalized spacial score (nSPS) is 17.5. The summed E-state index contributed by atoms with van der Waals surface area (Å²) in [6, 6.07) is 5.44. The van der Waals surface area contributed by atoms with Crippen LogP contribution in [0.15, 0.2) is 18.2 Å². The molecule has 1 aromatic carbocycles. The Bertz CT molecular complexity index is 348. The van der Waals surface area contributed by atoms with Crippen molar-refractivity contribution >= 4 is 0 Å². The van der Waals surface area contributed by atoms with Crippen LogP contribution >= 0.6 is 0 Å². The standard InChI is InChI=1S/C11H15NO3/c1-15-10-4-2-3-8(11(10)14)5-12-6-9(13)7-12/h2-4,9,13-14H,5-7H2,1H3. The Morgan fingerprint density at radius 1 is 1.47 bits per heavy atom. The van der Waals surface area contributed by atoms with Crippen LogP contribution in [0.4, 0.5) is 0 Å². The van der Waals surface area contributed by atoms with E-state index in [9.17, 15) is 5.11 Å². The number of benzene rings is 1. The van der Waals surface area contributed by atoms with Crippen molar-refractivity contribution in [1.29, 1.82) is 0 Å². The van der Waals surface area contributed by atoms with Gasteiger partial charge in [-0.3, -0.25) is 4.90 Å². The predicted molar refractivity (Wildman–Crippen MR) is 55.9 cm³/mol. The number of ether oxygens (including phenoxy) is 1. The van der Waals surface area contributed by atoms with E-state index in [0.717, 1.165) is 5.56 Å². The van der Waals surface area contributed by atoms with Gasteiger partial charge >= 0.3 is 0 Å². The molecule has 0 radical (unpaired) electrons. The number of aromatic hydroxyl groups is 1. The smallest absolute Gasteiger partial charge is 0.162 e. The number of β-amino-alcohol motifs (C(OH)–C–C–N with tert-alkyl or cyclic N) is 1. The molecule has 0 bridgehead atoms. The van der Waals surface area contributed by atoms with Gasteiger partial charge in [-0.25, -0.2) is 0 Å². The fourth-order valence-corrected chi connectivity index (χ4v) is 1.77. The molecule has 0 aromatic heterocycles. The summed E-state index contributed by atoms with van der Waals surface area (Å²) < 4.78 is 5.02. The van der Waals surface area contributed by atoms with E-state index in [0.29, 0.717) is 25.4 Å². The van der Waals surface area contributed by atoms with Gasteiger partial charge in [0.1, 0.15) is 0 Å². The summed E-state index contributed by atoms with van der Waals surface area (Å²) >= 11 is 0. The van der Waals surface area contributed by atoms with E-state index in [2.05, 4.69) is 4.90 Å². The first-order valence-electron chi connectivity index (χ1n) is 4.96. The van der Waals surface area contributed by atoms with Crippen LogP contribution in [0.2, 0.25) is 0 Å². The lowest BCUT2D eigenvalue weighted by atomic mass is 10.1. The molecule has 4 heteroatoms. The van der Waals surface area contributed by atoms with Gasteiger partial charge in [-0.15, -0.1) is 0 Å². The summed E-state index contributed by atoms with van der Waals surface area (Å²) in [4.78, 5) is 2.07. The lowest BCUT2D eigenvalue weighted by molar-refractivity contribution is -0.00326. The number of likely N-dealkylation sites (tertiary alicyclic amines) is 1. The summed E-state index contributed by atoms with van der Waals surface area (Å²) in [7, 11) is 1.53. The minimum absolute atomic E-state index is 0.196. The van der Waals surface area contributed by atoms with Crippen LogP contribution < -0.4 is 4.74 Å². The number of rotatable bonds is 3. The maximum absolute atomic E-state index is 9.81. The molecular weight excluding hydrogens is 194 g/mol. The first-order chi connectivity index (χ1) is 7.20. The first kappa shape index (κ1) is 10.3. The molecule has 4 nitrogen and oxygen atoms in total. The Labute approximate surface area is 88.7 Å². The van der Waals surface area contributed by atoms with Gasteiger partial charge in [0, 0.05) is 25.2 Å². The zero-order valence-electron chi connectivity index (χ0n) is 8.68. The van der Waals surface area contributed by atoms with Crippen molar-refractivity contribution in [1.82, 2.24) is 4.90 Å². The fraction of sp³-hybridized carbons (Fsp3) is 0.455.